The molecule has 2 aromatic rings. The van der Waals surface area contributed by atoms with E-state index < -0.39 is 5.54 Å². The molecule has 0 aliphatic carbocycles. The van der Waals surface area contributed by atoms with Crippen molar-refractivity contribution in [2.24, 2.45) is 0 Å². The Morgan fingerprint density at radius 1 is 1.11 bits per heavy atom. The molecule has 0 unspecified atom stereocenters. The summed E-state index contributed by atoms with van der Waals surface area (Å²) in [6.45, 7) is 3.54. The van der Waals surface area contributed by atoms with Gasteiger partial charge in [0.2, 0.25) is 5.95 Å². The number of urea groups is 1. The van der Waals surface area contributed by atoms with Gasteiger partial charge in [-0.05, 0) is 25.3 Å². The van der Waals surface area contributed by atoms with E-state index in [2.05, 4.69) is 14.9 Å². The molecule has 8 nitrogen and oxygen atoms in total. The van der Waals surface area contributed by atoms with Crippen LogP contribution < -0.4 is 10.6 Å². The molecule has 0 bridgehead atoms. The highest BCUT2D eigenvalue weighted by molar-refractivity contribution is 6.06. The molecule has 2 N–H and O–H groups in total. The summed E-state index contributed by atoms with van der Waals surface area (Å²) < 4.78 is 0. The van der Waals surface area contributed by atoms with Gasteiger partial charge >= 0.3 is 6.03 Å². The van der Waals surface area contributed by atoms with Gasteiger partial charge in [-0.3, -0.25) is 9.69 Å². The second-order valence-corrected chi connectivity index (χ2v) is 7.46. The van der Waals surface area contributed by atoms with Crippen LogP contribution in [0.2, 0.25) is 0 Å². The van der Waals surface area contributed by atoms with E-state index in [9.17, 15) is 9.59 Å². The Kier molecular flexibility index (Phi) is 4.41. The van der Waals surface area contributed by atoms with Crippen LogP contribution in [0.3, 0.4) is 0 Å². The summed E-state index contributed by atoms with van der Waals surface area (Å²) in [6, 6.07) is 11.4. The molecule has 2 saturated heterocycles. The molecule has 4 rings (SSSR count). The Morgan fingerprint density at radius 3 is 2.43 bits per heavy atom. The van der Waals surface area contributed by atoms with Crippen LogP contribution in [0.25, 0.3) is 0 Å². The van der Waals surface area contributed by atoms with Gasteiger partial charge in [-0.2, -0.15) is 4.98 Å². The van der Waals surface area contributed by atoms with Crippen molar-refractivity contribution in [2.45, 2.75) is 31.8 Å². The van der Waals surface area contributed by atoms with Crippen molar-refractivity contribution in [3.05, 3.63) is 47.7 Å². The molecule has 0 saturated carbocycles. The highest BCUT2D eigenvalue weighted by Gasteiger charge is 2.56. The molecule has 1 aromatic heterocycles. The molecule has 1 aromatic carbocycles. The largest absolute Gasteiger partial charge is 0.368 e. The summed E-state index contributed by atoms with van der Waals surface area (Å²) in [5.74, 6) is 0.888. The van der Waals surface area contributed by atoms with E-state index in [-0.39, 0.29) is 17.9 Å². The maximum Gasteiger partial charge on any atom is 0.327 e. The van der Waals surface area contributed by atoms with Gasteiger partial charge < -0.3 is 15.5 Å². The number of nitrogens with zero attached hydrogens (tertiary/aromatic N) is 5. The van der Waals surface area contributed by atoms with E-state index in [4.69, 9.17) is 5.73 Å². The van der Waals surface area contributed by atoms with Crippen molar-refractivity contribution in [3.63, 3.8) is 0 Å². The quantitative estimate of drug-likeness (QED) is 0.816. The van der Waals surface area contributed by atoms with E-state index in [0.717, 1.165) is 17.1 Å². The van der Waals surface area contributed by atoms with Crippen LogP contribution in [0.1, 0.15) is 24.1 Å². The number of nitrogen functional groups attached to an aromatic ring is 1. The molecule has 3 amide bonds. The van der Waals surface area contributed by atoms with E-state index in [0.29, 0.717) is 32.5 Å². The number of aromatic nitrogens is 2. The van der Waals surface area contributed by atoms with Gasteiger partial charge in [0.05, 0.1) is 0 Å². The second kappa shape index (κ2) is 6.78. The second-order valence-electron chi connectivity index (χ2n) is 7.46. The van der Waals surface area contributed by atoms with Gasteiger partial charge in [-0.1, -0.05) is 30.3 Å². The first-order valence-corrected chi connectivity index (χ1v) is 9.40. The number of rotatable bonds is 3. The molecule has 0 atom stereocenters. The minimum atomic E-state index is -0.800. The molecule has 146 valence electrons. The minimum Gasteiger partial charge on any atom is -0.368 e. The predicted molar refractivity (Wildman–Crippen MR) is 106 cm³/mol. The number of imide groups is 1. The van der Waals surface area contributed by atoms with Gasteiger partial charge in [-0.25, -0.2) is 9.78 Å². The molecule has 2 fully saturated rings. The number of hydrogen-bond acceptors (Lipinski definition) is 6. The van der Waals surface area contributed by atoms with Gasteiger partial charge in [0.15, 0.2) is 0 Å². The molecule has 1 spiro atoms. The monoisotopic (exact) mass is 380 g/mol. The lowest BCUT2D eigenvalue weighted by molar-refractivity contribution is -0.133. The van der Waals surface area contributed by atoms with E-state index >= 15 is 0 Å². The first-order valence-electron chi connectivity index (χ1n) is 9.40. The van der Waals surface area contributed by atoms with Crippen LogP contribution in [0.5, 0.6) is 0 Å². The molecule has 2 aliphatic heterocycles. The highest BCUT2D eigenvalue weighted by Crippen LogP contribution is 2.38. The molecule has 2 aliphatic rings. The number of nitrogens with two attached hydrogens (primary N) is 1. The fourth-order valence-electron chi connectivity index (χ4n) is 4.19. The molecule has 3 heterocycles. The number of amides is 3. The van der Waals surface area contributed by atoms with Crippen molar-refractivity contribution < 1.29 is 9.59 Å². The molecular formula is C20H24N6O2. The Morgan fingerprint density at radius 2 is 1.79 bits per heavy atom. The van der Waals surface area contributed by atoms with Crippen LogP contribution in [0.15, 0.2) is 36.4 Å². The summed E-state index contributed by atoms with van der Waals surface area (Å²) in [7, 11) is 1.57. The Bertz CT molecular complexity index is 888. The zero-order valence-electron chi connectivity index (χ0n) is 16.1. The smallest absolute Gasteiger partial charge is 0.327 e. The Balaban J connectivity index is 1.58. The average molecular weight is 380 g/mol. The normalized spacial score (nSPS) is 19.0. The van der Waals surface area contributed by atoms with Crippen LogP contribution in [-0.4, -0.2) is 57.4 Å². The Hall–Kier alpha value is -3.16. The predicted octanol–water partition coefficient (Wildman–Crippen LogP) is 1.80. The lowest BCUT2D eigenvalue weighted by Gasteiger charge is -2.42. The fraction of sp³-hybridized carbons (Fsp3) is 0.400. The number of piperidine rings is 1. The van der Waals surface area contributed by atoms with Gasteiger partial charge in [0, 0.05) is 38.4 Å². The van der Waals surface area contributed by atoms with Crippen LogP contribution in [-0.2, 0) is 11.3 Å². The zero-order chi connectivity index (χ0) is 19.9. The van der Waals surface area contributed by atoms with Crippen LogP contribution in [0.4, 0.5) is 16.6 Å². The average Bonchev–Trinajstić information content (AvgIpc) is 2.85. The molecule has 8 heteroatoms. The summed E-state index contributed by atoms with van der Waals surface area (Å²) in [5, 5.41) is 0. The number of anilines is 2. The van der Waals surface area contributed by atoms with Crippen molar-refractivity contribution >= 4 is 23.7 Å². The summed E-state index contributed by atoms with van der Waals surface area (Å²) in [4.78, 5) is 39.4. The number of aryl methyl sites for hydroxylation is 1. The van der Waals surface area contributed by atoms with E-state index in [1.807, 2.05) is 43.3 Å². The van der Waals surface area contributed by atoms with Gasteiger partial charge in [-0.15, -0.1) is 0 Å². The maximum atomic E-state index is 13.0. The van der Waals surface area contributed by atoms with Crippen LogP contribution in [0, 0.1) is 6.92 Å². The number of benzene rings is 1. The molecular weight excluding hydrogens is 356 g/mol. The minimum absolute atomic E-state index is 0.119. The van der Waals surface area contributed by atoms with Crippen LogP contribution >= 0.6 is 0 Å². The topological polar surface area (TPSA) is 95.7 Å². The first-order chi connectivity index (χ1) is 13.4. The van der Waals surface area contributed by atoms with Crippen molar-refractivity contribution in [2.75, 3.05) is 30.8 Å². The third kappa shape index (κ3) is 2.94. The SMILES string of the molecule is Cc1cc(N2CCC3(CC2)C(=O)N(C)C(=O)N3Cc2ccccc2)nc(N)n1. The molecule has 28 heavy (non-hydrogen) atoms. The number of likely N-dealkylation sites (N-methyl/N-ethyl adjacent to an activating group) is 1. The number of hydrogen-bond donors (Lipinski definition) is 1. The van der Waals surface area contributed by atoms with E-state index in [1.165, 1.54) is 4.90 Å². The highest BCUT2D eigenvalue weighted by atomic mass is 16.2. The number of carbonyl (C=O) groups excluding carboxylic acids is 2. The van der Waals surface area contributed by atoms with Crippen molar-refractivity contribution in [1.82, 2.24) is 19.8 Å². The Labute approximate surface area is 164 Å². The van der Waals surface area contributed by atoms with Gasteiger partial charge in [0.1, 0.15) is 11.4 Å². The summed E-state index contributed by atoms with van der Waals surface area (Å²) in [6.07, 6.45) is 1.11. The van der Waals surface area contributed by atoms with Gasteiger partial charge in [0.25, 0.3) is 5.91 Å². The van der Waals surface area contributed by atoms with Crippen molar-refractivity contribution in [1.29, 1.82) is 0 Å². The summed E-state index contributed by atoms with van der Waals surface area (Å²) >= 11 is 0. The van der Waals surface area contributed by atoms with Crippen molar-refractivity contribution in [3.8, 4) is 0 Å². The lowest BCUT2D eigenvalue weighted by atomic mass is 9.85. The maximum absolute atomic E-state index is 13.0. The third-order valence-corrected chi connectivity index (χ3v) is 5.69. The van der Waals surface area contributed by atoms with E-state index in [1.54, 1.807) is 11.9 Å². The fourth-order valence-corrected chi connectivity index (χ4v) is 4.19. The number of carbonyl (C=O) groups is 2. The zero-order valence-corrected chi connectivity index (χ0v) is 16.1. The third-order valence-electron chi connectivity index (χ3n) is 5.69. The summed E-state index contributed by atoms with van der Waals surface area (Å²) in [5.41, 5.74) is 6.81. The lowest BCUT2D eigenvalue weighted by Crippen LogP contribution is -2.56. The first kappa shape index (κ1) is 18.2. The standard InChI is InChI=1S/C20H24N6O2/c1-14-12-16(23-18(21)22-14)25-10-8-20(9-11-25)17(27)24(2)19(28)26(20)13-15-6-4-3-5-7-15/h3-7,12H,8-11,13H2,1-2H3,(H2,21,22,23). The molecule has 0 radical (unpaired) electrons.